The summed E-state index contributed by atoms with van der Waals surface area (Å²) in [6.45, 7) is 6.59. The number of aromatic nitrogens is 7. The van der Waals surface area contributed by atoms with Gasteiger partial charge in [0.2, 0.25) is 5.82 Å². The molecule has 0 aliphatic carbocycles. The van der Waals surface area contributed by atoms with Gasteiger partial charge in [-0.2, -0.15) is 10.3 Å². The normalized spacial score (nSPS) is 13.0. The summed E-state index contributed by atoms with van der Waals surface area (Å²) in [7, 11) is 0. The van der Waals surface area contributed by atoms with Crippen LogP contribution in [0.5, 0.6) is 0 Å². The summed E-state index contributed by atoms with van der Waals surface area (Å²) in [6, 6.07) is 16.3. The van der Waals surface area contributed by atoms with E-state index in [4.69, 9.17) is 15.2 Å². The first-order chi connectivity index (χ1) is 16.5. The number of carboxylic acid groups (broad SMARTS) is 1. The van der Waals surface area contributed by atoms with Gasteiger partial charge in [-0.15, -0.1) is 10.2 Å². The van der Waals surface area contributed by atoms with Gasteiger partial charge in [-0.1, -0.05) is 69.3 Å². The molecule has 2 unspecified atom stereocenters. The molecule has 176 valence electrons. The smallest absolute Gasteiger partial charge is 0.306 e. The second-order valence-electron chi connectivity index (χ2n) is 8.61. The van der Waals surface area contributed by atoms with Gasteiger partial charge in [0.1, 0.15) is 5.82 Å². The highest BCUT2D eigenvalue weighted by atomic mass is 16.4. The summed E-state index contributed by atoms with van der Waals surface area (Å²) in [6.07, 6.45) is 2.03. The molecule has 2 atom stereocenters. The Morgan fingerprint density at radius 2 is 1.82 bits per heavy atom. The van der Waals surface area contributed by atoms with Crippen LogP contribution in [0.4, 0.5) is 0 Å². The van der Waals surface area contributed by atoms with Crippen LogP contribution in [0.3, 0.4) is 0 Å². The van der Waals surface area contributed by atoms with Crippen LogP contribution < -0.4 is 0 Å². The summed E-state index contributed by atoms with van der Waals surface area (Å²) in [5.74, 6) is 1.26. The SMILES string of the molecule is CCC(C)c1nc(CCC(C)C(=O)O)nn1Cc1ccc(-c2ccccc2-c2nn[nH]n2)cc1. The van der Waals surface area contributed by atoms with Crippen LogP contribution in [-0.4, -0.2) is 46.5 Å². The average molecular weight is 460 g/mol. The molecule has 2 aromatic heterocycles. The molecule has 34 heavy (non-hydrogen) atoms. The van der Waals surface area contributed by atoms with E-state index in [9.17, 15) is 4.79 Å². The van der Waals surface area contributed by atoms with E-state index in [0.717, 1.165) is 34.5 Å². The number of nitrogens with zero attached hydrogens (tertiary/aromatic N) is 6. The van der Waals surface area contributed by atoms with Gasteiger partial charge in [-0.25, -0.2) is 9.67 Å². The molecule has 0 saturated heterocycles. The number of carbonyl (C=O) groups is 1. The molecule has 0 amide bonds. The highest BCUT2D eigenvalue weighted by Gasteiger charge is 2.18. The molecule has 2 heterocycles. The van der Waals surface area contributed by atoms with Crippen molar-refractivity contribution in [1.82, 2.24) is 35.4 Å². The zero-order valence-electron chi connectivity index (χ0n) is 19.6. The number of aliphatic carboxylic acids is 1. The van der Waals surface area contributed by atoms with Crippen LogP contribution in [0.2, 0.25) is 0 Å². The molecule has 4 aromatic rings. The number of rotatable bonds is 10. The molecule has 0 fully saturated rings. The second kappa shape index (κ2) is 10.4. The van der Waals surface area contributed by atoms with Crippen molar-refractivity contribution in [2.24, 2.45) is 5.92 Å². The molecule has 0 saturated carbocycles. The molecule has 4 rings (SSSR count). The Labute approximate surface area is 198 Å². The number of hydrogen-bond donors (Lipinski definition) is 2. The van der Waals surface area contributed by atoms with E-state index in [2.05, 4.69) is 58.7 Å². The lowest BCUT2D eigenvalue weighted by Gasteiger charge is -2.11. The third kappa shape index (κ3) is 5.19. The fraction of sp³-hybridized carbons (Fsp3) is 0.360. The zero-order valence-corrected chi connectivity index (χ0v) is 19.6. The molecule has 2 N–H and O–H groups in total. The Morgan fingerprint density at radius 3 is 2.47 bits per heavy atom. The molecule has 0 aliphatic heterocycles. The number of H-pyrrole nitrogens is 1. The van der Waals surface area contributed by atoms with Crippen LogP contribution >= 0.6 is 0 Å². The number of nitrogens with one attached hydrogen (secondary N) is 1. The number of tetrazole rings is 1. The van der Waals surface area contributed by atoms with E-state index >= 15 is 0 Å². The molecule has 9 heteroatoms. The number of aryl methyl sites for hydroxylation is 1. The quantitative estimate of drug-likeness (QED) is 0.362. The lowest BCUT2D eigenvalue weighted by atomic mass is 9.98. The maximum atomic E-state index is 11.1. The van der Waals surface area contributed by atoms with E-state index in [-0.39, 0.29) is 5.92 Å². The van der Waals surface area contributed by atoms with Crippen molar-refractivity contribution in [3.63, 3.8) is 0 Å². The van der Waals surface area contributed by atoms with Gasteiger partial charge in [0.05, 0.1) is 12.5 Å². The Hall–Kier alpha value is -3.88. The molecule has 0 radical (unpaired) electrons. The fourth-order valence-electron chi connectivity index (χ4n) is 3.81. The maximum Gasteiger partial charge on any atom is 0.306 e. The Balaban J connectivity index is 1.55. The monoisotopic (exact) mass is 459 g/mol. The number of aromatic amines is 1. The van der Waals surface area contributed by atoms with Crippen LogP contribution in [0.15, 0.2) is 48.5 Å². The molecule has 0 bridgehead atoms. The minimum Gasteiger partial charge on any atom is -0.481 e. The number of hydrogen-bond acceptors (Lipinski definition) is 6. The van der Waals surface area contributed by atoms with Gasteiger partial charge < -0.3 is 5.11 Å². The van der Waals surface area contributed by atoms with Crippen LogP contribution in [0, 0.1) is 5.92 Å². The number of carboxylic acids is 1. The maximum absolute atomic E-state index is 11.1. The van der Waals surface area contributed by atoms with Crippen molar-refractivity contribution < 1.29 is 9.90 Å². The highest BCUT2D eigenvalue weighted by molar-refractivity contribution is 5.80. The third-order valence-electron chi connectivity index (χ3n) is 6.13. The lowest BCUT2D eigenvalue weighted by molar-refractivity contribution is -0.141. The van der Waals surface area contributed by atoms with Crippen molar-refractivity contribution in [1.29, 1.82) is 0 Å². The van der Waals surface area contributed by atoms with Crippen LogP contribution in [0.1, 0.15) is 56.7 Å². The predicted molar refractivity (Wildman–Crippen MR) is 128 cm³/mol. The van der Waals surface area contributed by atoms with Crippen molar-refractivity contribution in [3.05, 3.63) is 65.7 Å². The summed E-state index contributed by atoms with van der Waals surface area (Å²) >= 11 is 0. The molecule has 9 nitrogen and oxygen atoms in total. The topological polar surface area (TPSA) is 122 Å². The Kier molecular flexibility index (Phi) is 7.10. The van der Waals surface area contributed by atoms with E-state index in [1.807, 2.05) is 28.9 Å². The summed E-state index contributed by atoms with van der Waals surface area (Å²) < 4.78 is 1.96. The predicted octanol–water partition coefficient (Wildman–Crippen LogP) is 4.34. The van der Waals surface area contributed by atoms with E-state index < -0.39 is 11.9 Å². The highest BCUT2D eigenvalue weighted by Crippen LogP contribution is 2.30. The standard InChI is InChI=1S/C25H29N7O2/c1-4-16(2)24-26-22(14-9-17(3)25(33)34)29-32(24)15-18-10-12-19(13-11-18)20-7-5-6-8-21(20)23-27-30-31-28-23/h5-8,10-13,16-17H,4,9,14-15H2,1-3H3,(H,33,34)(H,27,28,30,31). The van der Waals surface area contributed by atoms with Crippen molar-refractivity contribution in [3.8, 4) is 22.5 Å². The van der Waals surface area contributed by atoms with Crippen molar-refractivity contribution in [2.45, 2.75) is 52.5 Å². The van der Waals surface area contributed by atoms with Gasteiger partial charge in [-0.3, -0.25) is 4.79 Å². The fourth-order valence-corrected chi connectivity index (χ4v) is 3.81. The van der Waals surface area contributed by atoms with Crippen molar-refractivity contribution >= 4 is 5.97 Å². The first kappa shape index (κ1) is 23.3. The van der Waals surface area contributed by atoms with E-state index in [1.165, 1.54) is 0 Å². The minimum absolute atomic E-state index is 0.263. The first-order valence-corrected chi connectivity index (χ1v) is 11.5. The van der Waals surface area contributed by atoms with E-state index in [0.29, 0.717) is 31.0 Å². The van der Waals surface area contributed by atoms with E-state index in [1.54, 1.807) is 6.92 Å². The van der Waals surface area contributed by atoms with Crippen LogP contribution in [-0.2, 0) is 17.8 Å². The molecule has 0 spiro atoms. The largest absolute Gasteiger partial charge is 0.481 e. The summed E-state index contributed by atoms with van der Waals surface area (Å²) in [5.41, 5.74) is 4.12. The minimum atomic E-state index is -0.789. The Morgan fingerprint density at radius 1 is 1.09 bits per heavy atom. The van der Waals surface area contributed by atoms with Crippen LogP contribution in [0.25, 0.3) is 22.5 Å². The molecular weight excluding hydrogens is 430 g/mol. The molecular formula is C25H29N7O2. The van der Waals surface area contributed by atoms with Gasteiger partial charge in [-0.05, 0) is 34.7 Å². The zero-order chi connectivity index (χ0) is 24.1. The molecule has 0 aliphatic rings. The Bertz CT molecular complexity index is 1230. The van der Waals surface area contributed by atoms with Crippen molar-refractivity contribution in [2.75, 3.05) is 0 Å². The van der Waals surface area contributed by atoms with Gasteiger partial charge in [0.15, 0.2) is 5.82 Å². The summed E-state index contributed by atoms with van der Waals surface area (Å²) in [5, 5.41) is 28.3. The van der Waals surface area contributed by atoms with Gasteiger partial charge >= 0.3 is 5.97 Å². The number of benzene rings is 2. The molecule has 2 aromatic carbocycles. The summed E-state index contributed by atoms with van der Waals surface area (Å²) in [4.78, 5) is 15.9. The average Bonchev–Trinajstić information content (AvgIpc) is 3.53. The first-order valence-electron chi connectivity index (χ1n) is 11.5. The lowest BCUT2D eigenvalue weighted by Crippen LogP contribution is -2.11. The van der Waals surface area contributed by atoms with Gasteiger partial charge in [0, 0.05) is 17.9 Å². The second-order valence-corrected chi connectivity index (χ2v) is 8.61. The third-order valence-corrected chi connectivity index (χ3v) is 6.13. The van der Waals surface area contributed by atoms with Gasteiger partial charge in [0.25, 0.3) is 0 Å².